The second kappa shape index (κ2) is 50.0. The average Bonchev–Trinajstić information content (AvgIpc) is 2.27. The van der Waals surface area contributed by atoms with Crippen LogP contribution in [0.5, 0.6) is 0 Å². The zero-order chi connectivity index (χ0) is 12.4. The molecule has 3 nitrogen and oxygen atoms in total. The van der Waals surface area contributed by atoms with Crippen molar-refractivity contribution in [2.45, 2.75) is 12.8 Å². The zero-order valence-corrected chi connectivity index (χ0v) is 9.37. The Kier molecular flexibility index (Phi) is 97.6. The third-order valence-corrected chi connectivity index (χ3v) is 0.804. The van der Waals surface area contributed by atoms with Gasteiger partial charge >= 0.3 is 33.9 Å². The van der Waals surface area contributed by atoms with E-state index in [1.54, 1.807) is 0 Å². The van der Waals surface area contributed by atoms with Gasteiger partial charge in [-0.05, 0) is 39.0 Å². The molecule has 0 amide bonds. The predicted octanol–water partition coefficient (Wildman–Crippen LogP) is 2.28. The molecule has 0 rings (SSSR count). The van der Waals surface area contributed by atoms with Crippen molar-refractivity contribution in [2.75, 3.05) is 0 Å². The fourth-order valence-corrected chi connectivity index (χ4v) is 0.405. The Labute approximate surface area is 103 Å². The molecule has 4 radical (unpaired) electrons. The van der Waals surface area contributed by atoms with E-state index in [0.717, 1.165) is 18.8 Å². The summed E-state index contributed by atoms with van der Waals surface area (Å²) in [5.41, 5.74) is 0. The Balaban J connectivity index is -0.0000000410. The smallest absolute Gasteiger partial charge is 0 e. The summed E-state index contributed by atoms with van der Waals surface area (Å²) in [6.45, 7) is 24.3. The maximum Gasteiger partial charge on any atom is 0 e. The molecule has 0 saturated heterocycles. The van der Waals surface area contributed by atoms with E-state index in [2.05, 4.69) is 40.4 Å². The van der Waals surface area contributed by atoms with Crippen molar-refractivity contribution in [3.8, 4) is 0 Å². The van der Waals surface area contributed by atoms with Gasteiger partial charge in [-0.2, -0.15) is 0 Å². The molecule has 0 heterocycles. The second-order valence-corrected chi connectivity index (χ2v) is 1.73. The molecule has 0 atom stereocenters. The van der Waals surface area contributed by atoms with Crippen molar-refractivity contribution >= 4 is 0 Å². The average molecular weight is 248 g/mol. The molecule has 0 aromatic rings. The fourth-order valence-electron chi connectivity index (χ4n) is 0.405. The van der Waals surface area contributed by atoms with Crippen molar-refractivity contribution < 1.29 is 31.0 Å². The van der Waals surface area contributed by atoms with Crippen LogP contribution in [-0.4, -0.2) is 0 Å². The van der Waals surface area contributed by atoms with E-state index < -0.39 is 0 Å². The maximum absolute atomic E-state index is 7.50. The summed E-state index contributed by atoms with van der Waals surface area (Å²) in [4.78, 5) is 0. The zero-order valence-electron chi connectivity index (χ0n) is 8.27. The summed E-state index contributed by atoms with van der Waals surface area (Å²) in [5.74, 6) is 0.895. The normalized spacial score (nSPS) is 5.67. The molecule has 0 bridgehead atoms. The number of allylic oxidation sites excluding steroid dienone is 1. The van der Waals surface area contributed by atoms with E-state index in [1.165, 1.54) is 0 Å². The molecule has 0 aromatic heterocycles. The van der Waals surface area contributed by atoms with Gasteiger partial charge in [-0.3, -0.25) is 0 Å². The summed E-state index contributed by atoms with van der Waals surface area (Å²) in [6, 6.07) is 0. The van der Waals surface area contributed by atoms with Crippen molar-refractivity contribution in [3.63, 3.8) is 0 Å². The summed E-state index contributed by atoms with van der Waals surface area (Å²) >= 11 is 0. The molecule has 15 heavy (non-hydrogen) atoms. The Hall–Kier alpha value is -0.521. The van der Waals surface area contributed by atoms with E-state index in [9.17, 15) is 0 Å². The molecule has 0 saturated carbocycles. The summed E-state index contributed by atoms with van der Waals surface area (Å²) in [6.07, 6.45) is 5.93. The Morgan fingerprint density at radius 3 is 1.47 bits per heavy atom. The summed E-state index contributed by atoms with van der Waals surface area (Å²) in [5, 5.41) is 0. The summed E-state index contributed by atoms with van der Waals surface area (Å²) in [7, 11) is 0. The Morgan fingerprint density at radius 2 is 1.27 bits per heavy atom. The van der Waals surface area contributed by atoms with Crippen LogP contribution in [0.4, 0.5) is 0 Å². The van der Waals surface area contributed by atoms with Gasteiger partial charge in [-0.15, -0.1) is 6.58 Å². The first kappa shape index (κ1) is 29.3. The molecule has 0 N–H and O–H groups in total. The minimum atomic E-state index is 0. The van der Waals surface area contributed by atoms with Crippen molar-refractivity contribution in [3.05, 3.63) is 58.8 Å². The van der Waals surface area contributed by atoms with Crippen LogP contribution >= 0.6 is 0 Å². The van der Waals surface area contributed by atoms with Crippen LogP contribution in [0.2, 0.25) is 0 Å². The predicted molar refractivity (Wildman–Crippen MR) is 49.5 cm³/mol. The van der Waals surface area contributed by atoms with Crippen molar-refractivity contribution in [2.24, 2.45) is 0 Å². The quantitative estimate of drug-likeness (QED) is 0.241. The molecule has 82 valence electrons. The number of hydrogen-bond acceptors (Lipinski definition) is 0. The van der Waals surface area contributed by atoms with Crippen LogP contribution in [0, 0.1) is 46.1 Å². The van der Waals surface area contributed by atoms with E-state index in [4.69, 9.17) is 14.0 Å². The molecular formula is C11H12FeO3. The molecular weight excluding hydrogens is 236 g/mol. The van der Waals surface area contributed by atoms with Crippen molar-refractivity contribution in [1.29, 1.82) is 0 Å². The number of unbranched alkanes of at least 4 members (excludes halogenated alkanes) is 1. The van der Waals surface area contributed by atoms with Crippen LogP contribution in [0.1, 0.15) is 12.8 Å². The van der Waals surface area contributed by atoms with Gasteiger partial charge in [0.25, 0.3) is 0 Å². The van der Waals surface area contributed by atoms with Gasteiger partial charge in [-0.25, -0.2) is 0 Å². The van der Waals surface area contributed by atoms with E-state index in [-0.39, 0.29) is 17.1 Å². The minimum Gasteiger partial charge on any atom is -0.103 e. The van der Waals surface area contributed by atoms with Crippen LogP contribution in [0.25, 0.3) is 0 Å². The minimum absolute atomic E-state index is 0. The van der Waals surface area contributed by atoms with Gasteiger partial charge in [0.05, 0.1) is 0 Å². The SMILES string of the molecule is [C-]#[O+].[C-]#[O+].[C-]#[O+].[CH2][C]([CH2])[CH]CCC=C.[Fe]. The Bertz CT molecular complexity index is 133. The first-order chi connectivity index (χ1) is 6.77. The van der Waals surface area contributed by atoms with E-state index in [1.807, 2.05) is 12.5 Å². The first-order valence-corrected chi connectivity index (χ1v) is 3.33. The van der Waals surface area contributed by atoms with Crippen LogP contribution in [0.15, 0.2) is 12.7 Å². The molecule has 0 aromatic carbocycles. The first-order valence-electron chi connectivity index (χ1n) is 3.33. The number of hydrogen-bond donors (Lipinski definition) is 0. The third kappa shape index (κ3) is 88.5. The Morgan fingerprint density at radius 1 is 0.933 bits per heavy atom. The second-order valence-electron chi connectivity index (χ2n) is 1.73. The third-order valence-electron chi connectivity index (χ3n) is 0.804. The summed E-state index contributed by atoms with van der Waals surface area (Å²) < 4.78 is 22.5. The monoisotopic (exact) mass is 248 g/mol. The van der Waals surface area contributed by atoms with Crippen LogP contribution in [0.3, 0.4) is 0 Å². The molecule has 4 heteroatoms. The standard InChI is InChI=1S/C8H12.3CO.Fe/c1-4-5-6-7-8(2)3;3*1-2;/h4,7H,1-3,5-6H2;;;;. The molecule has 0 aliphatic carbocycles. The fraction of sp³-hybridized carbons (Fsp3) is 0.182. The van der Waals surface area contributed by atoms with Crippen molar-refractivity contribution in [1.82, 2.24) is 0 Å². The topological polar surface area (TPSA) is 59.7 Å². The molecule has 0 spiro atoms. The van der Waals surface area contributed by atoms with Crippen LogP contribution in [-0.2, 0) is 31.0 Å². The molecule has 0 aliphatic heterocycles. The van der Waals surface area contributed by atoms with Gasteiger partial charge in [0.15, 0.2) is 0 Å². The van der Waals surface area contributed by atoms with Gasteiger partial charge in [-0.1, -0.05) is 6.08 Å². The van der Waals surface area contributed by atoms with E-state index >= 15 is 0 Å². The number of rotatable bonds is 4. The molecule has 0 unspecified atom stereocenters. The van der Waals surface area contributed by atoms with Crippen LogP contribution < -0.4 is 0 Å². The van der Waals surface area contributed by atoms with Gasteiger partial charge in [0.2, 0.25) is 0 Å². The molecule has 0 fully saturated rings. The largest absolute Gasteiger partial charge is 0.103 e. The van der Waals surface area contributed by atoms with Gasteiger partial charge in [0.1, 0.15) is 0 Å². The maximum atomic E-state index is 7.50. The van der Waals surface area contributed by atoms with Gasteiger partial charge < -0.3 is 0 Å². The molecule has 0 aliphatic rings. The van der Waals surface area contributed by atoms with Gasteiger partial charge in [0, 0.05) is 17.1 Å². The van der Waals surface area contributed by atoms with E-state index in [0.29, 0.717) is 0 Å².